The summed E-state index contributed by atoms with van der Waals surface area (Å²) < 4.78 is 31.9. The summed E-state index contributed by atoms with van der Waals surface area (Å²) in [5.41, 5.74) is 0.0232. The summed E-state index contributed by atoms with van der Waals surface area (Å²) in [6, 6.07) is 7.35. The first kappa shape index (κ1) is 32.4. The fourth-order valence-electron chi connectivity index (χ4n) is 4.88. The number of benzene rings is 2. The molecule has 0 aliphatic heterocycles. The molecule has 3 rings (SSSR count). The monoisotopic (exact) mass is 628 g/mol. The van der Waals surface area contributed by atoms with Crippen LogP contribution in [0.2, 0.25) is 10.0 Å². The van der Waals surface area contributed by atoms with E-state index in [0.29, 0.717) is 10.6 Å². The molecule has 0 unspecified atom stereocenters. The number of non-ortho nitro benzene ring substituents is 1. The van der Waals surface area contributed by atoms with Gasteiger partial charge in [-0.05, 0) is 43.0 Å². The second kappa shape index (κ2) is 14.2. The number of amides is 2. The van der Waals surface area contributed by atoms with Crippen LogP contribution in [0.1, 0.15) is 51.0 Å². The largest absolute Gasteiger partial charge is 0.495 e. The van der Waals surface area contributed by atoms with Crippen molar-refractivity contribution in [2.45, 2.75) is 64.1 Å². The number of sulfonamides is 1. The van der Waals surface area contributed by atoms with Crippen LogP contribution in [-0.2, 0) is 26.2 Å². The molecule has 1 aliphatic rings. The Morgan fingerprint density at radius 1 is 1.12 bits per heavy atom. The van der Waals surface area contributed by atoms with E-state index in [0.717, 1.165) is 48.7 Å². The fourth-order valence-corrected chi connectivity index (χ4v) is 6.05. The molecule has 1 N–H and O–H groups in total. The molecule has 1 aliphatic carbocycles. The molecule has 0 saturated heterocycles. The lowest BCUT2D eigenvalue weighted by Crippen LogP contribution is -2.54. The first-order chi connectivity index (χ1) is 19.3. The molecule has 11 nitrogen and oxygen atoms in total. The summed E-state index contributed by atoms with van der Waals surface area (Å²) in [5, 5.41) is 15.1. The van der Waals surface area contributed by atoms with Crippen LogP contribution >= 0.6 is 23.2 Å². The quantitative estimate of drug-likeness (QED) is 0.259. The van der Waals surface area contributed by atoms with Crippen LogP contribution < -0.4 is 14.4 Å². The van der Waals surface area contributed by atoms with E-state index in [1.165, 1.54) is 24.1 Å². The maximum atomic E-state index is 14.0. The lowest BCUT2D eigenvalue weighted by atomic mass is 9.95. The molecule has 0 bridgehead atoms. The molecule has 41 heavy (non-hydrogen) atoms. The molecule has 2 aromatic rings. The number of hydrogen-bond acceptors (Lipinski definition) is 7. The minimum absolute atomic E-state index is 0.00567. The third-order valence-corrected chi connectivity index (χ3v) is 8.86. The number of anilines is 1. The lowest BCUT2D eigenvalue weighted by Gasteiger charge is -2.34. The number of halogens is 2. The number of hydrogen-bond donors (Lipinski definition) is 1. The smallest absolute Gasteiger partial charge is 0.271 e. The Kier molecular flexibility index (Phi) is 11.2. The van der Waals surface area contributed by atoms with Gasteiger partial charge in [0.15, 0.2) is 0 Å². The molecule has 14 heteroatoms. The Labute approximate surface area is 249 Å². The molecule has 0 radical (unpaired) electrons. The van der Waals surface area contributed by atoms with Crippen LogP contribution in [-0.4, -0.2) is 62.0 Å². The van der Waals surface area contributed by atoms with Gasteiger partial charge in [-0.1, -0.05) is 55.5 Å². The van der Waals surface area contributed by atoms with Crippen LogP contribution in [0.5, 0.6) is 5.75 Å². The summed E-state index contributed by atoms with van der Waals surface area (Å²) in [6.45, 7) is 0.971. The first-order valence-electron chi connectivity index (χ1n) is 13.2. The average Bonchev–Trinajstić information content (AvgIpc) is 2.92. The Balaban J connectivity index is 2.01. The maximum Gasteiger partial charge on any atom is 0.271 e. The molecular formula is C27H34Cl2N4O7S. The highest BCUT2D eigenvalue weighted by atomic mass is 35.5. The van der Waals surface area contributed by atoms with Gasteiger partial charge in [-0.25, -0.2) is 8.42 Å². The van der Waals surface area contributed by atoms with E-state index in [-0.39, 0.29) is 47.1 Å². The van der Waals surface area contributed by atoms with E-state index < -0.39 is 33.4 Å². The number of nitrogens with one attached hydrogen (secondary N) is 1. The van der Waals surface area contributed by atoms with Gasteiger partial charge in [0.1, 0.15) is 24.0 Å². The van der Waals surface area contributed by atoms with Crippen molar-refractivity contribution < 1.29 is 27.7 Å². The number of ether oxygens (including phenoxy) is 1. The SMILES string of the molecule is CC[C@@H](C(=O)NC1CCCCC1)N(Cc1ccc(Cl)c(Cl)c1)C(=O)CN(c1cc([N+](=O)[O-])ccc1OC)S(C)(=O)=O. The zero-order valence-corrected chi connectivity index (χ0v) is 25.5. The molecule has 1 saturated carbocycles. The van der Waals surface area contributed by atoms with Gasteiger partial charge in [-0.3, -0.25) is 24.0 Å². The van der Waals surface area contributed by atoms with E-state index in [4.69, 9.17) is 27.9 Å². The number of rotatable bonds is 12. The van der Waals surface area contributed by atoms with E-state index >= 15 is 0 Å². The number of carbonyl (C=O) groups excluding carboxylic acids is 2. The van der Waals surface area contributed by atoms with Crippen molar-refractivity contribution in [3.63, 3.8) is 0 Å². The predicted molar refractivity (Wildman–Crippen MR) is 158 cm³/mol. The minimum atomic E-state index is -4.14. The van der Waals surface area contributed by atoms with Gasteiger partial charge in [-0.15, -0.1) is 0 Å². The molecule has 2 amide bonds. The standard InChI is InChI=1S/C27H34Cl2N4O7S/c1-4-23(27(35)30-19-8-6-5-7-9-19)31(16-18-10-12-21(28)22(29)14-18)26(34)17-32(41(3,38)39)24-15-20(33(36)37)11-13-25(24)40-2/h10-15,19,23H,4-9,16-17H2,1-3H3,(H,30,35)/t23-/m0/s1. The highest BCUT2D eigenvalue weighted by Crippen LogP contribution is 2.34. The van der Waals surface area contributed by atoms with E-state index in [1.54, 1.807) is 25.1 Å². The maximum absolute atomic E-state index is 14.0. The number of nitrogens with zero attached hydrogens (tertiary/aromatic N) is 3. The van der Waals surface area contributed by atoms with Crippen molar-refractivity contribution in [1.82, 2.24) is 10.2 Å². The summed E-state index contributed by atoms with van der Waals surface area (Å²) in [5.74, 6) is -1.01. The van der Waals surface area contributed by atoms with Gasteiger partial charge in [0.2, 0.25) is 21.8 Å². The third kappa shape index (κ3) is 8.46. The number of methoxy groups -OCH3 is 1. The molecule has 1 fully saturated rings. The molecule has 0 aromatic heterocycles. The van der Waals surface area contributed by atoms with Crippen LogP contribution in [0.3, 0.4) is 0 Å². The molecule has 0 heterocycles. The van der Waals surface area contributed by atoms with Gasteiger partial charge in [-0.2, -0.15) is 0 Å². The highest BCUT2D eigenvalue weighted by Gasteiger charge is 2.34. The van der Waals surface area contributed by atoms with Crippen LogP contribution in [0.15, 0.2) is 36.4 Å². The Morgan fingerprint density at radius 3 is 2.37 bits per heavy atom. The van der Waals surface area contributed by atoms with Crippen molar-refractivity contribution in [3.8, 4) is 5.75 Å². The predicted octanol–water partition coefficient (Wildman–Crippen LogP) is 4.93. The summed E-state index contributed by atoms with van der Waals surface area (Å²) in [4.78, 5) is 39.5. The number of carbonyl (C=O) groups is 2. The van der Waals surface area contributed by atoms with Crippen molar-refractivity contribution in [3.05, 3.63) is 62.1 Å². The first-order valence-corrected chi connectivity index (χ1v) is 15.8. The molecule has 2 aromatic carbocycles. The normalized spacial score (nSPS) is 14.7. The molecule has 1 atom stereocenters. The van der Waals surface area contributed by atoms with Gasteiger partial charge in [0.25, 0.3) is 5.69 Å². The van der Waals surface area contributed by atoms with Crippen LogP contribution in [0.4, 0.5) is 11.4 Å². The van der Waals surface area contributed by atoms with Gasteiger partial charge >= 0.3 is 0 Å². The Morgan fingerprint density at radius 2 is 1.80 bits per heavy atom. The molecule has 0 spiro atoms. The summed E-state index contributed by atoms with van der Waals surface area (Å²) in [7, 11) is -2.85. The van der Waals surface area contributed by atoms with Gasteiger partial charge in [0.05, 0.1) is 28.3 Å². The second-order valence-electron chi connectivity index (χ2n) is 9.92. The van der Waals surface area contributed by atoms with Crippen molar-refractivity contribution in [1.29, 1.82) is 0 Å². The van der Waals surface area contributed by atoms with Crippen LogP contribution in [0.25, 0.3) is 0 Å². The topological polar surface area (TPSA) is 139 Å². The lowest BCUT2D eigenvalue weighted by molar-refractivity contribution is -0.384. The van der Waals surface area contributed by atoms with E-state index in [1.807, 2.05) is 0 Å². The van der Waals surface area contributed by atoms with Gasteiger partial charge < -0.3 is 15.0 Å². The second-order valence-corrected chi connectivity index (χ2v) is 12.6. The van der Waals surface area contributed by atoms with Crippen molar-refractivity contribution >= 4 is 56.4 Å². The third-order valence-electron chi connectivity index (χ3n) is 7.00. The van der Waals surface area contributed by atoms with Crippen LogP contribution in [0, 0.1) is 10.1 Å². The van der Waals surface area contributed by atoms with Crippen molar-refractivity contribution in [2.24, 2.45) is 0 Å². The number of nitro groups is 1. The summed E-state index contributed by atoms with van der Waals surface area (Å²) in [6.07, 6.45) is 5.94. The van der Waals surface area contributed by atoms with E-state index in [9.17, 15) is 28.1 Å². The van der Waals surface area contributed by atoms with E-state index in [2.05, 4.69) is 5.32 Å². The zero-order chi connectivity index (χ0) is 30.3. The number of nitro benzene ring substituents is 1. The van der Waals surface area contributed by atoms with Gasteiger partial charge in [0, 0.05) is 24.7 Å². The Hall–Kier alpha value is -3.09. The minimum Gasteiger partial charge on any atom is -0.495 e. The fraction of sp³-hybridized carbons (Fsp3) is 0.481. The van der Waals surface area contributed by atoms with Crippen molar-refractivity contribution in [2.75, 3.05) is 24.2 Å². The highest BCUT2D eigenvalue weighted by molar-refractivity contribution is 7.92. The Bertz CT molecular complexity index is 1380. The molecular weight excluding hydrogens is 595 g/mol. The summed E-state index contributed by atoms with van der Waals surface area (Å²) >= 11 is 12.3. The molecule has 224 valence electrons. The zero-order valence-electron chi connectivity index (χ0n) is 23.1. The average molecular weight is 630 g/mol.